The quantitative estimate of drug-likeness (QED) is 0.884. The summed E-state index contributed by atoms with van der Waals surface area (Å²) in [6, 6.07) is 6.96. The number of halogens is 1. The summed E-state index contributed by atoms with van der Waals surface area (Å²) < 4.78 is 5.30. The predicted molar refractivity (Wildman–Crippen MR) is 64.8 cm³/mol. The van der Waals surface area contributed by atoms with Crippen molar-refractivity contribution in [3.05, 3.63) is 29.3 Å². The van der Waals surface area contributed by atoms with Crippen LogP contribution in [-0.2, 0) is 4.79 Å². The van der Waals surface area contributed by atoms with E-state index >= 15 is 0 Å². The Labute approximate surface area is 101 Å². The van der Waals surface area contributed by atoms with Crippen molar-refractivity contribution in [1.82, 2.24) is 5.32 Å². The van der Waals surface area contributed by atoms with Gasteiger partial charge in [-0.25, -0.2) is 0 Å². The maximum Gasteiger partial charge on any atom is 0.258 e. The lowest BCUT2D eigenvalue weighted by molar-refractivity contribution is -0.124. The Bertz CT molecular complexity index is 372. The summed E-state index contributed by atoms with van der Waals surface area (Å²) in [5.74, 6) is 0.448. The molecule has 0 unspecified atom stereocenters. The summed E-state index contributed by atoms with van der Waals surface area (Å²) in [4.78, 5) is 11.4. The molecule has 1 aromatic rings. The van der Waals surface area contributed by atoms with E-state index in [-0.39, 0.29) is 18.1 Å². The highest BCUT2D eigenvalue weighted by Crippen LogP contribution is 2.16. The van der Waals surface area contributed by atoms with Crippen LogP contribution < -0.4 is 10.1 Å². The molecule has 0 aliphatic rings. The van der Waals surface area contributed by atoms with Crippen molar-refractivity contribution in [1.29, 1.82) is 0 Å². The van der Waals surface area contributed by atoms with Crippen LogP contribution in [0, 0.1) is 0 Å². The van der Waals surface area contributed by atoms with Crippen molar-refractivity contribution in [2.24, 2.45) is 0 Å². The molecular formula is C12H16ClNO2. The minimum Gasteiger partial charge on any atom is -0.484 e. The molecule has 0 saturated heterocycles. The van der Waals surface area contributed by atoms with E-state index in [4.69, 9.17) is 16.3 Å². The van der Waals surface area contributed by atoms with Gasteiger partial charge in [-0.05, 0) is 39.0 Å². The molecule has 0 aliphatic heterocycles. The van der Waals surface area contributed by atoms with Gasteiger partial charge in [0.25, 0.3) is 5.91 Å². The van der Waals surface area contributed by atoms with E-state index < -0.39 is 0 Å². The predicted octanol–water partition coefficient (Wildman–Crippen LogP) is 2.63. The average molecular weight is 242 g/mol. The van der Waals surface area contributed by atoms with Crippen molar-refractivity contribution in [3.8, 4) is 5.75 Å². The maximum absolute atomic E-state index is 11.4. The third-order valence-electron chi connectivity index (χ3n) is 1.68. The van der Waals surface area contributed by atoms with Crippen LogP contribution >= 0.6 is 11.6 Å². The van der Waals surface area contributed by atoms with Gasteiger partial charge in [0.1, 0.15) is 5.75 Å². The third-order valence-corrected chi connectivity index (χ3v) is 1.92. The first-order valence-corrected chi connectivity index (χ1v) is 5.44. The lowest BCUT2D eigenvalue weighted by Gasteiger charge is -2.20. The van der Waals surface area contributed by atoms with Gasteiger partial charge in [-0.1, -0.05) is 17.7 Å². The minimum absolute atomic E-state index is 0.00237. The highest BCUT2D eigenvalue weighted by molar-refractivity contribution is 6.30. The topological polar surface area (TPSA) is 38.3 Å². The molecule has 4 heteroatoms. The summed E-state index contributed by atoms with van der Waals surface area (Å²) in [5, 5.41) is 3.40. The van der Waals surface area contributed by atoms with E-state index in [1.165, 1.54) is 0 Å². The number of rotatable bonds is 3. The monoisotopic (exact) mass is 241 g/mol. The standard InChI is InChI=1S/C12H16ClNO2/c1-12(2,3)14-11(15)8-16-10-6-4-5-9(13)7-10/h4-7H,8H2,1-3H3,(H,14,15). The molecule has 0 atom stereocenters. The third kappa shape index (κ3) is 5.03. The van der Waals surface area contributed by atoms with Crippen LogP contribution in [0.3, 0.4) is 0 Å². The SMILES string of the molecule is CC(C)(C)NC(=O)COc1cccc(Cl)c1. The number of amides is 1. The second-order valence-electron chi connectivity index (χ2n) is 4.54. The molecule has 1 rings (SSSR count). The zero-order valence-electron chi connectivity index (χ0n) is 9.71. The van der Waals surface area contributed by atoms with E-state index in [0.29, 0.717) is 10.8 Å². The molecule has 0 heterocycles. The van der Waals surface area contributed by atoms with Gasteiger partial charge in [-0.3, -0.25) is 4.79 Å². The van der Waals surface area contributed by atoms with Gasteiger partial charge in [-0.15, -0.1) is 0 Å². The van der Waals surface area contributed by atoms with Gasteiger partial charge >= 0.3 is 0 Å². The first-order chi connectivity index (χ1) is 7.37. The number of carbonyl (C=O) groups excluding carboxylic acids is 1. The Morgan fingerprint density at radius 1 is 1.44 bits per heavy atom. The second kappa shape index (κ2) is 5.21. The summed E-state index contributed by atoms with van der Waals surface area (Å²) >= 11 is 5.79. The molecule has 16 heavy (non-hydrogen) atoms. The first-order valence-electron chi connectivity index (χ1n) is 5.06. The number of hydrogen-bond donors (Lipinski definition) is 1. The molecule has 0 radical (unpaired) electrons. The fourth-order valence-electron chi connectivity index (χ4n) is 1.16. The van der Waals surface area contributed by atoms with E-state index in [1.807, 2.05) is 20.8 Å². The number of ether oxygens (including phenoxy) is 1. The van der Waals surface area contributed by atoms with Crippen LogP contribution in [0.15, 0.2) is 24.3 Å². The summed E-state index contributed by atoms with van der Waals surface area (Å²) in [5.41, 5.74) is -0.241. The maximum atomic E-state index is 11.4. The highest BCUT2D eigenvalue weighted by Gasteiger charge is 2.13. The van der Waals surface area contributed by atoms with E-state index in [9.17, 15) is 4.79 Å². The highest BCUT2D eigenvalue weighted by atomic mass is 35.5. The fraction of sp³-hybridized carbons (Fsp3) is 0.417. The number of benzene rings is 1. The van der Waals surface area contributed by atoms with Gasteiger partial charge in [0.2, 0.25) is 0 Å². The summed E-state index contributed by atoms with van der Waals surface area (Å²) in [6.45, 7) is 5.76. The lowest BCUT2D eigenvalue weighted by atomic mass is 10.1. The van der Waals surface area contributed by atoms with Crippen LogP contribution in [0.4, 0.5) is 0 Å². The largest absolute Gasteiger partial charge is 0.484 e. The van der Waals surface area contributed by atoms with Crippen molar-refractivity contribution < 1.29 is 9.53 Å². The van der Waals surface area contributed by atoms with Crippen LogP contribution in [0.2, 0.25) is 5.02 Å². The van der Waals surface area contributed by atoms with Crippen LogP contribution in [0.5, 0.6) is 5.75 Å². The van der Waals surface area contributed by atoms with Crippen molar-refractivity contribution in [2.75, 3.05) is 6.61 Å². The van der Waals surface area contributed by atoms with Gasteiger partial charge in [-0.2, -0.15) is 0 Å². The molecule has 0 spiro atoms. The van der Waals surface area contributed by atoms with Crippen molar-refractivity contribution in [3.63, 3.8) is 0 Å². The molecule has 0 fully saturated rings. The fourth-order valence-corrected chi connectivity index (χ4v) is 1.34. The van der Waals surface area contributed by atoms with Gasteiger partial charge in [0.15, 0.2) is 6.61 Å². The van der Waals surface area contributed by atoms with Gasteiger partial charge < -0.3 is 10.1 Å². The van der Waals surface area contributed by atoms with Crippen LogP contribution in [0.25, 0.3) is 0 Å². The zero-order chi connectivity index (χ0) is 12.2. The van der Waals surface area contributed by atoms with E-state index in [2.05, 4.69) is 5.32 Å². The van der Waals surface area contributed by atoms with Crippen LogP contribution in [0.1, 0.15) is 20.8 Å². The molecule has 0 bridgehead atoms. The molecule has 88 valence electrons. The minimum atomic E-state index is -0.241. The molecule has 1 aromatic carbocycles. The van der Waals surface area contributed by atoms with Gasteiger partial charge in [0.05, 0.1) is 0 Å². The summed E-state index contributed by atoms with van der Waals surface area (Å²) in [6.07, 6.45) is 0. The van der Waals surface area contributed by atoms with Crippen LogP contribution in [-0.4, -0.2) is 18.1 Å². The molecule has 0 saturated carbocycles. The molecule has 3 nitrogen and oxygen atoms in total. The smallest absolute Gasteiger partial charge is 0.258 e. The van der Waals surface area contributed by atoms with Gasteiger partial charge in [0, 0.05) is 10.6 Å². The number of carbonyl (C=O) groups is 1. The molecule has 0 aliphatic carbocycles. The Kier molecular flexibility index (Phi) is 4.19. The lowest BCUT2D eigenvalue weighted by Crippen LogP contribution is -2.43. The van der Waals surface area contributed by atoms with Crippen molar-refractivity contribution >= 4 is 17.5 Å². The Hall–Kier alpha value is -1.22. The number of nitrogens with one attached hydrogen (secondary N) is 1. The Morgan fingerprint density at radius 3 is 2.69 bits per heavy atom. The molecular weight excluding hydrogens is 226 g/mol. The van der Waals surface area contributed by atoms with E-state index in [1.54, 1.807) is 24.3 Å². The second-order valence-corrected chi connectivity index (χ2v) is 4.98. The molecule has 1 amide bonds. The van der Waals surface area contributed by atoms with Crippen molar-refractivity contribution in [2.45, 2.75) is 26.3 Å². The Balaban J connectivity index is 2.43. The molecule has 1 N–H and O–H groups in total. The summed E-state index contributed by atoms with van der Waals surface area (Å²) in [7, 11) is 0. The average Bonchev–Trinajstić information content (AvgIpc) is 2.12. The Morgan fingerprint density at radius 2 is 2.12 bits per heavy atom. The zero-order valence-corrected chi connectivity index (χ0v) is 10.5. The van der Waals surface area contributed by atoms with E-state index in [0.717, 1.165) is 0 Å². The number of hydrogen-bond acceptors (Lipinski definition) is 2. The molecule has 0 aromatic heterocycles. The normalized spacial score (nSPS) is 11.0. The first kappa shape index (κ1) is 12.8.